The number of hydrogen-bond donors (Lipinski definition) is 2. The van der Waals surface area contributed by atoms with Gasteiger partial charge in [0.1, 0.15) is 0 Å². The van der Waals surface area contributed by atoms with E-state index < -0.39 is 15.6 Å². The van der Waals surface area contributed by atoms with Gasteiger partial charge in [-0.15, -0.1) is 12.4 Å². The molecule has 1 aliphatic rings. The molecule has 1 saturated heterocycles. The fourth-order valence-corrected chi connectivity index (χ4v) is 3.69. The Kier molecular flexibility index (Phi) is 8.49. The maximum atomic E-state index is 12.4. The molecule has 0 bridgehead atoms. The molecule has 0 aromatic heterocycles. The fraction of sp³-hybridized carbons (Fsp3) is 0.588. The summed E-state index contributed by atoms with van der Waals surface area (Å²) in [7, 11) is -3.66. The molecule has 1 fully saturated rings. The third kappa shape index (κ3) is 5.65. The Labute approximate surface area is 161 Å². The first-order chi connectivity index (χ1) is 11.8. The first kappa shape index (κ1) is 22.9. The van der Waals surface area contributed by atoms with Crippen LogP contribution in [0, 0.1) is 0 Å². The summed E-state index contributed by atoms with van der Waals surface area (Å²) in [5.74, 6) is -0.113. The van der Waals surface area contributed by atoms with Gasteiger partial charge in [-0.2, -0.15) is 0 Å². The van der Waals surface area contributed by atoms with E-state index in [2.05, 4.69) is 4.72 Å². The van der Waals surface area contributed by atoms with Gasteiger partial charge in [0, 0.05) is 30.7 Å². The highest BCUT2D eigenvalue weighted by molar-refractivity contribution is 7.89. The van der Waals surface area contributed by atoms with E-state index in [1.165, 1.54) is 12.1 Å². The highest BCUT2D eigenvalue weighted by Crippen LogP contribution is 2.15. The standard InChI is InChI=1S/C17H27N3O4S.ClH/c1-3-17(18,4-2)13-19-25(22,23)15-7-5-14(6-8-15)16(21)20-9-11-24-12-10-20;/h5-8,19H,3-4,9-13,18H2,1-2H3;1H. The average Bonchev–Trinajstić information content (AvgIpc) is 2.66. The van der Waals surface area contributed by atoms with Crippen molar-refractivity contribution < 1.29 is 17.9 Å². The van der Waals surface area contributed by atoms with E-state index in [1.54, 1.807) is 17.0 Å². The van der Waals surface area contributed by atoms with E-state index in [1.807, 2.05) is 13.8 Å². The van der Waals surface area contributed by atoms with E-state index in [9.17, 15) is 13.2 Å². The van der Waals surface area contributed by atoms with E-state index in [4.69, 9.17) is 10.5 Å². The number of nitrogens with zero attached hydrogens (tertiary/aromatic N) is 1. The summed E-state index contributed by atoms with van der Waals surface area (Å²) in [6.07, 6.45) is 1.36. The molecule has 148 valence electrons. The maximum Gasteiger partial charge on any atom is 0.254 e. The highest BCUT2D eigenvalue weighted by Gasteiger charge is 2.24. The molecule has 7 nitrogen and oxygen atoms in total. The van der Waals surface area contributed by atoms with Crippen molar-refractivity contribution in [2.75, 3.05) is 32.8 Å². The molecule has 2 rings (SSSR count). The third-order valence-electron chi connectivity index (χ3n) is 4.73. The van der Waals surface area contributed by atoms with Gasteiger partial charge in [-0.1, -0.05) is 13.8 Å². The van der Waals surface area contributed by atoms with Gasteiger partial charge in [0.2, 0.25) is 10.0 Å². The normalized spacial score (nSPS) is 15.4. The molecular weight excluding hydrogens is 378 g/mol. The van der Waals surface area contributed by atoms with Gasteiger partial charge in [-0.3, -0.25) is 4.79 Å². The van der Waals surface area contributed by atoms with Gasteiger partial charge in [0.25, 0.3) is 5.91 Å². The van der Waals surface area contributed by atoms with E-state index in [-0.39, 0.29) is 29.8 Å². The van der Waals surface area contributed by atoms with Gasteiger partial charge in [-0.25, -0.2) is 13.1 Å². The van der Waals surface area contributed by atoms with Crippen LogP contribution in [0.4, 0.5) is 0 Å². The van der Waals surface area contributed by atoms with Gasteiger partial charge >= 0.3 is 0 Å². The zero-order chi connectivity index (χ0) is 18.5. The van der Waals surface area contributed by atoms with Crippen LogP contribution in [0.2, 0.25) is 0 Å². The Bertz CT molecular complexity index is 684. The van der Waals surface area contributed by atoms with Gasteiger partial charge in [0.15, 0.2) is 0 Å². The largest absolute Gasteiger partial charge is 0.378 e. The smallest absolute Gasteiger partial charge is 0.254 e. The summed E-state index contributed by atoms with van der Waals surface area (Å²) < 4.78 is 32.6. The van der Waals surface area contributed by atoms with Crippen LogP contribution in [-0.2, 0) is 14.8 Å². The SMILES string of the molecule is CCC(N)(CC)CNS(=O)(=O)c1ccc(C(=O)N2CCOCC2)cc1.Cl. The first-order valence-electron chi connectivity index (χ1n) is 8.57. The minimum atomic E-state index is -3.66. The maximum absolute atomic E-state index is 12.4. The minimum Gasteiger partial charge on any atom is -0.378 e. The molecular formula is C17H28ClN3O4S. The summed E-state index contributed by atoms with van der Waals surface area (Å²) in [5, 5.41) is 0. The summed E-state index contributed by atoms with van der Waals surface area (Å²) in [4.78, 5) is 14.2. The van der Waals surface area contributed by atoms with Crippen molar-refractivity contribution in [1.82, 2.24) is 9.62 Å². The fourth-order valence-electron chi connectivity index (χ4n) is 2.55. The summed E-state index contributed by atoms with van der Waals surface area (Å²) >= 11 is 0. The van der Waals surface area contributed by atoms with Crippen molar-refractivity contribution in [3.05, 3.63) is 29.8 Å². The van der Waals surface area contributed by atoms with Crippen molar-refractivity contribution in [2.45, 2.75) is 37.1 Å². The second-order valence-corrected chi connectivity index (χ2v) is 8.09. The monoisotopic (exact) mass is 405 g/mol. The van der Waals surface area contributed by atoms with Crippen molar-refractivity contribution in [3.8, 4) is 0 Å². The second-order valence-electron chi connectivity index (χ2n) is 6.32. The molecule has 9 heteroatoms. The number of benzene rings is 1. The number of nitrogens with one attached hydrogen (secondary N) is 1. The van der Waals surface area contributed by atoms with Crippen LogP contribution >= 0.6 is 12.4 Å². The van der Waals surface area contributed by atoms with Gasteiger partial charge in [0.05, 0.1) is 18.1 Å². The Morgan fingerprint density at radius 1 is 1.19 bits per heavy atom. The lowest BCUT2D eigenvalue weighted by Gasteiger charge is -2.27. The summed E-state index contributed by atoms with van der Waals surface area (Å²) in [5.41, 5.74) is 6.05. The molecule has 26 heavy (non-hydrogen) atoms. The Balaban J connectivity index is 0.00000338. The van der Waals surface area contributed by atoms with Crippen molar-refractivity contribution in [2.24, 2.45) is 5.73 Å². The zero-order valence-electron chi connectivity index (χ0n) is 15.2. The van der Waals surface area contributed by atoms with Gasteiger partial charge in [-0.05, 0) is 37.1 Å². The second kappa shape index (κ2) is 9.66. The number of hydrogen-bond acceptors (Lipinski definition) is 5. The molecule has 1 aromatic rings. The van der Waals surface area contributed by atoms with Crippen LogP contribution < -0.4 is 10.5 Å². The average molecular weight is 406 g/mol. The summed E-state index contributed by atoms with van der Waals surface area (Å²) in [6.45, 7) is 6.19. The van der Waals surface area contributed by atoms with E-state index >= 15 is 0 Å². The Hall–Kier alpha value is -1.19. The van der Waals surface area contributed by atoms with Crippen LogP contribution in [0.15, 0.2) is 29.2 Å². The first-order valence-corrected chi connectivity index (χ1v) is 10.1. The van der Waals surface area contributed by atoms with Gasteiger partial charge < -0.3 is 15.4 Å². The molecule has 0 atom stereocenters. The van der Waals surface area contributed by atoms with Crippen LogP contribution in [0.25, 0.3) is 0 Å². The van der Waals surface area contributed by atoms with Crippen LogP contribution in [0.1, 0.15) is 37.0 Å². The van der Waals surface area contributed by atoms with Crippen LogP contribution in [0.5, 0.6) is 0 Å². The molecule has 0 aliphatic carbocycles. The molecule has 0 unspecified atom stereocenters. The quantitative estimate of drug-likeness (QED) is 0.713. The number of ether oxygens (including phenoxy) is 1. The number of nitrogens with two attached hydrogens (primary N) is 1. The van der Waals surface area contributed by atoms with Crippen LogP contribution in [-0.4, -0.2) is 57.6 Å². The van der Waals surface area contributed by atoms with E-state index in [0.29, 0.717) is 44.7 Å². The van der Waals surface area contributed by atoms with E-state index in [0.717, 1.165) is 0 Å². The Morgan fingerprint density at radius 2 is 1.73 bits per heavy atom. The third-order valence-corrected chi connectivity index (χ3v) is 6.15. The van der Waals surface area contributed by atoms with Crippen molar-refractivity contribution >= 4 is 28.3 Å². The molecule has 0 radical (unpaired) electrons. The number of carbonyl (C=O) groups excluding carboxylic acids is 1. The lowest BCUT2D eigenvalue weighted by molar-refractivity contribution is 0.0303. The molecule has 1 aromatic carbocycles. The zero-order valence-corrected chi connectivity index (χ0v) is 16.9. The number of sulfonamides is 1. The molecule has 3 N–H and O–H groups in total. The minimum absolute atomic E-state index is 0. The number of morpholine rings is 1. The number of halogens is 1. The number of carbonyl (C=O) groups is 1. The lowest BCUT2D eigenvalue weighted by Crippen LogP contribution is -2.49. The molecule has 1 amide bonds. The molecule has 1 heterocycles. The van der Waals surface area contributed by atoms with Crippen LogP contribution in [0.3, 0.4) is 0 Å². The predicted octanol–water partition coefficient (Wildman–Crippen LogP) is 1.38. The number of rotatable bonds is 7. The topological polar surface area (TPSA) is 102 Å². The summed E-state index contributed by atoms with van der Waals surface area (Å²) in [6, 6.07) is 5.99. The van der Waals surface area contributed by atoms with Crippen molar-refractivity contribution in [1.29, 1.82) is 0 Å². The number of amides is 1. The molecule has 0 saturated carbocycles. The Morgan fingerprint density at radius 3 is 2.23 bits per heavy atom. The molecule has 0 spiro atoms. The molecule has 1 aliphatic heterocycles. The predicted molar refractivity (Wildman–Crippen MR) is 103 cm³/mol. The van der Waals surface area contributed by atoms with Crippen molar-refractivity contribution in [3.63, 3.8) is 0 Å². The lowest BCUT2D eigenvalue weighted by atomic mass is 9.95. The highest BCUT2D eigenvalue weighted by atomic mass is 35.5.